The predicted molar refractivity (Wildman–Crippen MR) is 120 cm³/mol. The topological polar surface area (TPSA) is 93.4 Å². The van der Waals surface area contributed by atoms with Gasteiger partial charge in [-0.3, -0.25) is 4.79 Å². The molecule has 31 heavy (non-hydrogen) atoms. The van der Waals surface area contributed by atoms with Crippen molar-refractivity contribution in [2.75, 3.05) is 18.1 Å². The normalized spacial score (nSPS) is 15.2. The van der Waals surface area contributed by atoms with Crippen LogP contribution in [-0.2, 0) is 9.84 Å². The van der Waals surface area contributed by atoms with Crippen molar-refractivity contribution >= 4 is 26.8 Å². The minimum absolute atomic E-state index is 0.0538. The quantitative estimate of drug-likeness (QED) is 0.523. The van der Waals surface area contributed by atoms with E-state index in [0.29, 0.717) is 34.8 Å². The Hall–Kier alpha value is -2.74. The molecule has 1 atom stereocenters. The van der Waals surface area contributed by atoms with Crippen LogP contribution in [0.5, 0.6) is 0 Å². The number of hydrogen-bond donors (Lipinski definition) is 0. The summed E-state index contributed by atoms with van der Waals surface area (Å²) >= 11 is 0. The molecule has 1 aliphatic rings. The summed E-state index contributed by atoms with van der Waals surface area (Å²) in [6.07, 6.45) is 2.07. The van der Waals surface area contributed by atoms with Gasteiger partial charge in [0.2, 0.25) is 0 Å². The summed E-state index contributed by atoms with van der Waals surface area (Å²) in [6, 6.07) is 10.9. The molecule has 0 radical (unpaired) electrons. The van der Waals surface area contributed by atoms with Crippen LogP contribution < -0.4 is 0 Å². The fourth-order valence-corrected chi connectivity index (χ4v) is 5.06. The molecule has 164 valence electrons. The van der Waals surface area contributed by atoms with E-state index >= 15 is 0 Å². The number of hydrogen-bond acceptors (Lipinski definition) is 6. The standard InChI is InChI=1S/C23H27N3O4S/c1-4-26(15(3)14-31(28,29)5-2)23(27)18-13-19(16-11-12-16)24-22-20(18)21(25-30-22)17-9-7-6-8-10-17/h6-10,13,15-16H,4-5,11-12,14H2,1-3H3. The molecule has 1 fully saturated rings. The first-order valence-corrected chi connectivity index (χ1v) is 12.5. The Morgan fingerprint density at radius 2 is 1.94 bits per heavy atom. The van der Waals surface area contributed by atoms with Crippen molar-refractivity contribution in [1.82, 2.24) is 15.0 Å². The van der Waals surface area contributed by atoms with E-state index in [1.807, 2.05) is 43.3 Å². The molecule has 2 heterocycles. The number of carbonyl (C=O) groups excluding carboxylic acids is 1. The van der Waals surface area contributed by atoms with Gasteiger partial charge in [0, 0.05) is 35.5 Å². The van der Waals surface area contributed by atoms with Crippen LogP contribution in [0.2, 0.25) is 0 Å². The van der Waals surface area contributed by atoms with E-state index in [2.05, 4.69) is 10.1 Å². The highest BCUT2D eigenvalue weighted by molar-refractivity contribution is 7.91. The van der Waals surface area contributed by atoms with Crippen LogP contribution >= 0.6 is 0 Å². The van der Waals surface area contributed by atoms with Gasteiger partial charge in [0.15, 0.2) is 9.84 Å². The first-order chi connectivity index (χ1) is 14.8. The van der Waals surface area contributed by atoms with Crippen molar-refractivity contribution in [1.29, 1.82) is 0 Å². The molecule has 1 saturated carbocycles. The fraction of sp³-hybridized carbons (Fsp3) is 0.435. The second-order valence-corrected chi connectivity index (χ2v) is 10.5. The average Bonchev–Trinajstić information content (AvgIpc) is 3.53. The van der Waals surface area contributed by atoms with Gasteiger partial charge in [-0.25, -0.2) is 13.4 Å². The molecule has 2 aromatic heterocycles. The second kappa shape index (κ2) is 8.42. The average molecular weight is 442 g/mol. The van der Waals surface area contributed by atoms with E-state index < -0.39 is 15.9 Å². The van der Waals surface area contributed by atoms with Gasteiger partial charge < -0.3 is 9.42 Å². The molecule has 0 saturated heterocycles. The smallest absolute Gasteiger partial charge is 0.259 e. The molecule has 4 rings (SSSR count). The lowest BCUT2D eigenvalue weighted by Crippen LogP contribution is -2.42. The first-order valence-electron chi connectivity index (χ1n) is 10.7. The summed E-state index contributed by atoms with van der Waals surface area (Å²) in [4.78, 5) is 20.0. The molecule has 1 amide bonds. The van der Waals surface area contributed by atoms with Crippen molar-refractivity contribution in [3.05, 3.63) is 47.7 Å². The number of carbonyl (C=O) groups is 1. The summed E-state index contributed by atoms with van der Waals surface area (Å²) in [5.41, 5.74) is 3.04. The molecule has 0 aliphatic heterocycles. The minimum Gasteiger partial charge on any atom is -0.335 e. The van der Waals surface area contributed by atoms with E-state index in [-0.39, 0.29) is 17.4 Å². The maximum Gasteiger partial charge on any atom is 0.259 e. The van der Waals surface area contributed by atoms with E-state index in [1.165, 1.54) is 0 Å². The highest BCUT2D eigenvalue weighted by Crippen LogP contribution is 2.41. The van der Waals surface area contributed by atoms with Gasteiger partial charge in [-0.15, -0.1) is 0 Å². The Bertz CT molecular complexity index is 1200. The van der Waals surface area contributed by atoms with Crippen LogP contribution in [-0.4, -0.2) is 53.5 Å². The summed E-state index contributed by atoms with van der Waals surface area (Å²) in [7, 11) is -3.22. The van der Waals surface area contributed by atoms with Crippen molar-refractivity contribution in [2.45, 2.75) is 45.6 Å². The van der Waals surface area contributed by atoms with Crippen molar-refractivity contribution < 1.29 is 17.7 Å². The number of benzene rings is 1. The maximum absolute atomic E-state index is 13.7. The lowest BCUT2D eigenvalue weighted by Gasteiger charge is -2.28. The Morgan fingerprint density at radius 1 is 1.23 bits per heavy atom. The molecule has 3 aromatic rings. The van der Waals surface area contributed by atoms with Crippen LogP contribution in [0.15, 0.2) is 40.9 Å². The molecule has 1 aliphatic carbocycles. The molecular formula is C23H27N3O4S. The molecule has 8 heteroatoms. The van der Waals surface area contributed by atoms with Gasteiger partial charge in [0.05, 0.1) is 16.7 Å². The number of fused-ring (bicyclic) bond motifs is 1. The van der Waals surface area contributed by atoms with Crippen molar-refractivity contribution in [3.63, 3.8) is 0 Å². The maximum atomic E-state index is 13.7. The van der Waals surface area contributed by atoms with E-state index in [4.69, 9.17) is 4.52 Å². The van der Waals surface area contributed by atoms with E-state index in [9.17, 15) is 13.2 Å². The lowest BCUT2D eigenvalue weighted by molar-refractivity contribution is 0.0721. The van der Waals surface area contributed by atoms with Crippen LogP contribution in [0.25, 0.3) is 22.4 Å². The number of aromatic nitrogens is 2. The zero-order valence-corrected chi connectivity index (χ0v) is 18.9. The predicted octanol–water partition coefficient (Wildman–Crippen LogP) is 4.05. The third-order valence-corrected chi connectivity index (χ3v) is 7.68. The summed E-state index contributed by atoms with van der Waals surface area (Å²) in [5, 5.41) is 4.80. The monoisotopic (exact) mass is 441 g/mol. The lowest BCUT2D eigenvalue weighted by atomic mass is 10.0. The van der Waals surface area contributed by atoms with Gasteiger partial charge >= 0.3 is 0 Å². The largest absolute Gasteiger partial charge is 0.335 e. The molecule has 0 bridgehead atoms. The van der Waals surface area contributed by atoms with Gasteiger partial charge in [-0.05, 0) is 32.8 Å². The SMILES string of the molecule is CCN(C(=O)c1cc(C2CC2)nc2onc(-c3ccccc3)c12)C(C)CS(=O)(=O)CC. The number of nitrogens with zero attached hydrogens (tertiary/aromatic N) is 3. The second-order valence-electron chi connectivity index (χ2n) is 8.09. The first kappa shape index (κ1) is 21.5. The molecular weight excluding hydrogens is 414 g/mol. The van der Waals surface area contributed by atoms with Crippen LogP contribution in [0, 0.1) is 0 Å². The van der Waals surface area contributed by atoms with Crippen molar-refractivity contribution in [2.24, 2.45) is 0 Å². The molecule has 1 unspecified atom stereocenters. The summed E-state index contributed by atoms with van der Waals surface area (Å²) in [5.74, 6) is 0.0883. The van der Waals surface area contributed by atoms with Crippen molar-refractivity contribution in [3.8, 4) is 11.3 Å². The van der Waals surface area contributed by atoms with Crippen LogP contribution in [0.4, 0.5) is 0 Å². The molecule has 0 spiro atoms. The Kier molecular flexibility index (Phi) is 5.83. The summed E-state index contributed by atoms with van der Waals surface area (Å²) < 4.78 is 29.9. The van der Waals surface area contributed by atoms with Crippen LogP contribution in [0.1, 0.15) is 55.6 Å². The van der Waals surface area contributed by atoms with Gasteiger partial charge in [0.1, 0.15) is 5.69 Å². The number of sulfone groups is 1. The fourth-order valence-electron chi connectivity index (χ4n) is 3.91. The zero-order valence-electron chi connectivity index (χ0n) is 18.0. The number of rotatable bonds is 8. The van der Waals surface area contributed by atoms with E-state index in [0.717, 1.165) is 24.1 Å². The Labute approximate surface area is 182 Å². The highest BCUT2D eigenvalue weighted by atomic mass is 32.2. The minimum atomic E-state index is -3.22. The third kappa shape index (κ3) is 4.35. The molecule has 0 N–H and O–H groups in total. The molecule has 7 nitrogen and oxygen atoms in total. The highest BCUT2D eigenvalue weighted by Gasteiger charge is 2.32. The number of amides is 1. The zero-order chi connectivity index (χ0) is 22.2. The van der Waals surface area contributed by atoms with Gasteiger partial charge in [0.25, 0.3) is 11.6 Å². The molecule has 1 aromatic carbocycles. The Morgan fingerprint density at radius 3 is 2.55 bits per heavy atom. The third-order valence-electron chi connectivity index (χ3n) is 5.81. The van der Waals surface area contributed by atoms with E-state index in [1.54, 1.807) is 18.7 Å². The van der Waals surface area contributed by atoms with Gasteiger partial charge in [-0.2, -0.15) is 0 Å². The van der Waals surface area contributed by atoms with Crippen LogP contribution in [0.3, 0.4) is 0 Å². The Balaban J connectivity index is 1.82. The van der Waals surface area contributed by atoms with Gasteiger partial charge in [-0.1, -0.05) is 42.4 Å². The number of pyridine rings is 1. The summed E-state index contributed by atoms with van der Waals surface area (Å²) in [6.45, 7) is 5.66.